The fourth-order valence-electron chi connectivity index (χ4n) is 4.82. The van der Waals surface area contributed by atoms with E-state index < -0.39 is 0 Å². The quantitative estimate of drug-likeness (QED) is 0.847. The van der Waals surface area contributed by atoms with Crippen LogP contribution in [0.25, 0.3) is 11.1 Å². The normalized spacial score (nSPS) is 26.1. The molecule has 2 saturated heterocycles. The number of pyridine rings is 1. The van der Waals surface area contributed by atoms with E-state index in [9.17, 15) is 14.7 Å². The van der Waals surface area contributed by atoms with Crippen molar-refractivity contribution in [1.29, 1.82) is 0 Å². The van der Waals surface area contributed by atoms with Crippen LogP contribution in [0.4, 0.5) is 0 Å². The molecule has 3 heterocycles. The molecule has 0 radical (unpaired) electrons. The van der Waals surface area contributed by atoms with Crippen molar-refractivity contribution >= 4 is 11.8 Å². The van der Waals surface area contributed by atoms with E-state index in [2.05, 4.69) is 29.2 Å². The number of aliphatic hydroxyl groups excluding tert-OH is 1. The molecule has 0 spiro atoms. The zero-order valence-corrected chi connectivity index (χ0v) is 16.3. The first-order chi connectivity index (χ1) is 14.2. The van der Waals surface area contributed by atoms with Crippen molar-refractivity contribution in [3.63, 3.8) is 0 Å². The lowest BCUT2D eigenvalue weighted by atomic mass is 9.73. The number of benzene rings is 1. The first-order valence-electron chi connectivity index (χ1n) is 10.4. The lowest BCUT2D eigenvalue weighted by Gasteiger charge is -2.58. The molecule has 2 amide bonds. The smallest absolute Gasteiger partial charge is 0.242 e. The standard InChI is InChI=1S/C23H25N3O3/c27-14-20-23(17-7-5-16(6-8-17)18-2-1-9-24-11-18)19-12-25(13-22(29)26(19)20)21(28)10-15-3-4-15/h1-2,5-9,11,15,19-20,23,27H,3-4,10,12-14H2/t19-,20-,23+/m1/s1. The largest absolute Gasteiger partial charge is 0.394 e. The summed E-state index contributed by atoms with van der Waals surface area (Å²) in [7, 11) is 0. The highest BCUT2D eigenvalue weighted by Crippen LogP contribution is 2.43. The summed E-state index contributed by atoms with van der Waals surface area (Å²) in [6.07, 6.45) is 6.40. The van der Waals surface area contributed by atoms with Crippen molar-refractivity contribution in [3.8, 4) is 11.1 Å². The number of hydrogen-bond acceptors (Lipinski definition) is 4. The summed E-state index contributed by atoms with van der Waals surface area (Å²) in [5, 5.41) is 9.93. The number of nitrogens with zero attached hydrogens (tertiary/aromatic N) is 3. The van der Waals surface area contributed by atoms with Gasteiger partial charge in [-0.1, -0.05) is 30.3 Å². The van der Waals surface area contributed by atoms with Crippen molar-refractivity contribution in [3.05, 3.63) is 54.4 Å². The average molecular weight is 391 g/mol. The van der Waals surface area contributed by atoms with Crippen molar-refractivity contribution in [1.82, 2.24) is 14.8 Å². The molecular weight excluding hydrogens is 366 g/mol. The minimum absolute atomic E-state index is 0.0448. The van der Waals surface area contributed by atoms with Crippen LogP contribution in [0.3, 0.4) is 0 Å². The zero-order chi connectivity index (χ0) is 20.0. The highest BCUT2D eigenvalue weighted by Gasteiger charge is 2.54. The van der Waals surface area contributed by atoms with Crippen molar-refractivity contribution in [2.75, 3.05) is 19.7 Å². The molecule has 2 aliphatic heterocycles. The molecule has 3 aliphatic rings. The van der Waals surface area contributed by atoms with Crippen LogP contribution in [-0.2, 0) is 9.59 Å². The molecule has 29 heavy (non-hydrogen) atoms. The van der Waals surface area contributed by atoms with Gasteiger partial charge in [-0.05, 0) is 41.5 Å². The van der Waals surface area contributed by atoms with Crippen LogP contribution in [-0.4, -0.2) is 63.5 Å². The van der Waals surface area contributed by atoms with E-state index >= 15 is 0 Å². The molecule has 0 unspecified atom stereocenters. The SMILES string of the molecule is O=C(CC1CC1)N1CC(=O)N2[C@H](CO)[C@@H](c3ccc(-c4cccnc4)cc3)[C@H]2C1. The van der Waals surface area contributed by atoms with Gasteiger partial charge in [-0.3, -0.25) is 14.6 Å². The summed E-state index contributed by atoms with van der Waals surface area (Å²) in [4.78, 5) is 32.9. The Kier molecular flexibility index (Phi) is 4.59. The van der Waals surface area contributed by atoms with Gasteiger partial charge in [0.2, 0.25) is 11.8 Å². The van der Waals surface area contributed by atoms with Crippen LogP contribution in [0, 0.1) is 5.92 Å². The van der Waals surface area contributed by atoms with Crippen LogP contribution in [0.2, 0.25) is 0 Å². The molecule has 1 aliphatic carbocycles. The molecule has 1 aromatic heterocycles. The Morgan fingerprint density at radius 2 is 1.93 bits per heavy atom. The third-order valence-corrected chi connectivity index (χ3v) is 6.56. The van der Waals surface area contributed by atoms with Gasteiger partial charge < -0.3 is 14.9 Å². The Hall–Kier alpha value is -2.73. The molecule has 6 nitrogen and oxygen atoms in total. The van der Waals surface area contributed by atoms with Crippen LogP contribution < -0.4 is 0 Å². The highest BCUT2D eigenvalue weighted by atomic mass is 16.3. The lowest BCUT2D eigenvalue weighted by Crippen LogP contribution is -2.73. The van der Waals surface area contributed by atoms with Crippen LogP contribution in [0.5, 0.6) is 0 Å². The Morgan fingerprint density at radius 3 is 2.59 bits per heavy atom. The van der Waals surface area contributed by atoms with Gasteiger partial charge >= 0.3 is 0 Å². The van der Waals surface area contributed by atoms with Crippen molar-refractivity contribution in [2.45, 2.75) is 37.3 Å². The third-order valence-electron chi connectivity index (χ3n) is 6.56. The molecule has 1 saturated carbocycles. The number of rotatable bonds is 5. The molecule has 5 rings (SSSR count). The number of fused-ring (bicyclic) bond motifs is 1. The topological polar surface area (TPSA) is 73.7 Å². The number of amides is 2. The van der Waals surface area contributed by atoms with E-state index in [1.165, 1.54) is 0 Å². The van der Waals surface area contributed by atoms with Gasteiger partial charge in [-0.25, -0.2) is 0 Å². The van der Waals surface area contributed by atoms with Crippen LogP contribution in [0.1, 0.15) is 30.7 Å². The molecule has 3 fully saturated rings. The summed E-state index contributed by atoms with van der Waals surface area (Å²) in [5.41, 5.74) is 3.24. The maximum absolute atomic E-state index is 12.7. The summed E-state index contributed by atoms with van der Waals surface area (Å²) in [6.45, 7) is 0.640. The molecule has 1 N–H and O–H groups in total. The van der Waals surface area contributed by atoms with E-state index in [0.717, 1.165) is 29.5 Å². The van der Waals surface area contributed by atoms with E-state index in [1.54, 1.807) is 16.0 Å². The predicted molar refractivity (Wildman–Crippen MR) is 108 cm³/mol. The minimum atomic E-state index is -0.211. The fraction of sp³-hybridized carbons (Fsp3) is 0.435. The summed E-state index contributed by atoms with van der Waals surface area (Å²) < 4.78 is 0. The molecule has 0 bridgehead atoms. The van der Waals surface area contributed by atoms with Gasteiger partial charge in [0, 0.05) is 31.3 Å². The van der Waals surface area contributed by atoms with Gasteiger partial charge in [0.05, 0.1) is 25.2 Å². The Bertz CT molecular complexity index is 911. The molecule has 3 atom stereocenters. The molecular formula is C23H25N3O3. The first-order valence-corrected chi connectivity index (χ1v) is 10.4. The summed E-state index contributed by atoms with van der Waals surface area (Å²) >= 11 is 0. The maximum atomic E-state index is 12.7. The highest BCUT2D eigenvalue weighted by molar-refractivity contribution is 5.88. The van der Waals surface area contributed by atoms with E-state index in [1.807, 2.05) is 18.3 Å². The van der Waals surface area contributed by atoms with Crippen LogP contribution in [0.15, 0.2) is 48.8 Å². The maximum Gasteiger partial charge on any atom is 0.242 e. The Morgan fingerprint density at radius 1 is 1.14 bits per heavy atom. The van der Waals surface area contributed by atoms with Gasteiger partial charge in [0.15, 0.2) is 0 Å². The van der Waals surface area contributed by atoms with E-state index in [4.69, 9.17) is 0 Å². The second-order valence-corrected chi connectivity index (χ2v) is 8.43. The third kappa shape index (κ3) is 3.31. The summed E-state index contributed by atoms with van der Waals surface area (Å²) in [6, 6.07) is 11.9. The van der Waals surface area contributed by atoms with Crippen LogP contribution >= 0.6 is 0 Å². The number of hydrogen-bond donors (Lipinski definition) is 1. The summed E-state index contributed by atoms with van der Waals surface area (Å²) in [5.74, 6) is 0.604. The number of carbonyl (C=O) groups excluding carboxylic acids is 2. The zero-order valence-electron chi connectivity index (χ0n) is 16.3. The van der Waals surface area contributed by atoms with Crippen molar-refractivity contribution in [2.24, 2.45) is 5.92 Å². The van der Waals surface area contributed by atoms with Gasteiger partial charge in [0.25, 0.3) is 0 Å². The molecule has 2 aromatic rings. The number of piperazine rings is 1. The number of aromatic nitrogens is 1. The van der Waals surface area contributed by atoms with Gasteiger partial charge in [0.1, 0.15) is 0 Å². The second-order valence-electron chi connectivity index (χ2n) is 8.43. The monoisotopic (exact) mass is 391 g/mol. The van der Waals surface area contributed by atoms with Gasteiger partial charge in [-0.2, -0.15) is 0 Å². The Balaban J connectivity index is 1.36. The van der Waals surface area contributed by atoms with Gasteiger partial charge in [-0.15, -0.1) is 0 Å². The molecule has 1 aromatic carbocycles. The average Bonchev–Trinajstić information content (AvgIpc) is 3.54. The molecule has 6 heteroatoms. The minimum Gasteiger partial charge on any atom is -0.394 e. The lowest BCUT2D eigenvalue weighted by molar-refractivity contribution is -0.167. The fourth-order valence-corrected chi connectivity index (χ4v) is 4.82. The molecule has 150 valence electrons. The second kappa shape index (κ2) is 7.26. The number of carbonyl (C=O) groups is 2. The predicted octanol–water partition coefficient (Wildman–Crippen LogP) is 2.05. The Labute approximate surface area is 170 Å². The van der Waals surface area contributed by atoms with E-state index in [-0.39, 0.29) is 43.0 Å². The van der Waals surface area contributed by atoms with Crippen molar-refractivity contribution < 1.29 is 14.7 Å². The number of aliphatic hydroxyl groups is 1. The van der Waals surface area contributed by atoms with E-state index in [0.29, 0.717) is 18.9 Å². The first kappa shape index (κ1) is 18.3.